The van der Waals surface area contributed by atoms with Crippen molar-refractivity contribution in [2.24, 2.45) is 0 Å². The first-order chi connectivity index (χ1) is 9.60. The summed E-state index contributed by atoms with van der Waals surface area (Å²) in [5.74, 6) is 0.673. The normalized spacial score (nSPS) is 16.3. The molecular formula is C14H17BrN2O2S. The Hall–Kier alpha value is -1.01. The van der Waals surface area contributed by atoms with Gasteiger partial charge in [0.1, 0.15) is 6.54 Å². The zero-order valence-electron chi connectivity index (χ0n) is 11.3. The molecule has 1 N–H and O–H groups in total. The highest BCUT2D eigenvalue weighted by Crippen LogP contribution is 2.20. The molecule has 0 spiro atoms. The lowest BCUT2D eigenvalue weighted by molar-refractivity contribution is -0.122. The molecule has 0 unspecified atom stereocenters. The average Bonchev–Trinajstić information content (AvgIpc) is 2.83. The number of amides is 2. The largest absolute Gasteiger partial charge is 0.348 e. The highest BCUT2D eigenvalue weighted by molar-refractivity contribution is 9.10. The van der Waals surface area contributed by atoms with Gasteiger partial charge in [0.2, 0.25) is 5.91 Å². The maximum absolute atomic E-state index is 12.0. The Kier molecular flexibility index (Phi) is 5.48. The van der Waals surface area contributed by atoms with Gasteiger partial charge in [-0.25, -0.2) is 0 Å². The van der Waals surface area contributed by atoms with Crippen molar-refractivity contribution in [3.8, 4) is 0 Å². The Morgan fingerprint density at radius 3 is 2.70 bits per heavy atom. The van der Waals surface area contributed by atoms with E-state index in [4.69, 9.17) is 0 Å². The Balaban J connectivity index is 1.94. The lowest BCUT2D eigenvalue weighted by Crippen LogP contribution is -2.38. The van der Waals surface area contributed by atoms with E-state index in [1.165, 1.54) is 11.8 Å². The number of halogens is 1. The summed E-state index contributed by atoms with van der Waals surface area (Å²) in [7, 11) is 0. The predicted octanol–water partition coefficient (Wildman–Crippen LogP) is 3.19. The average molecular weight is 357 g/mol. The molecule has 0 saturated carbocycles. The van der Waals surface area contributed by atoms with Gasteiger partial charge in [0.05, 0.1) is 6.04 Å². The Morgan fingerprint density at radius 2 is 2.15 bits per heavy atom. The fourth-order valence-corrected chi connectivity index (χ4v) is 3.19. The van der Waals surface area contributed by atoms with E-state index in [0.29, 0.717) is 6.54 Å². The lowest BCUT2D eigenvalue weighted by atomic mass is 10.0. The number of hydrogen-bond acceptors (Lipinski definition) is 3. The summed E-state index contributed by atoms with van der Waals surface area (Å²) in [6.45, 7) is 2.84. The van der Waals surface area contributed by atoms with E-state index >= 15 is 0 Å². The summed E-state index contributed by atoms with van der Waals surface area (Å²) in [6.07, 6.45) is 0.816. The minimum Gasteiger partial charge on any atom is -0.348 e. The first kappa shape index (κ1) is 15.4. The fraction of sp³-hybridized carbons (Fsp3) is 0.429. The standard InChI is InChI=1S/C14H17BrN2O2S/c1-2-12(10-3-5-11(15)6-4-10)16-13(18)9-17-7-8-20-14(17)19/h3-6,12H,2,7-9H2,1H3,(H,16,18)/t12-/m0/s1. The topological polar surface area (TPSA) is 49.4 Å². The van der Waals surface area contributed by atoms with E-state index in [9.17, 15) is 9.59 Å². The Morgan fingerprint density at radius 1 is 1.45 bits per heavy atom. The van der Waals surface area contributed by atoms with E-state index in [2.05, 4.69) is 21.2 Å². The zero-order chi connectivity index (χ0) is 14.5. The van der Waals surface area contributed by atoms with Crippen LogP contribution in [0.4, 0.5) is 4.79 Å². The van der Waals surface area contributed by atoms with Gasteiger partial charge in [-0.1, -0.05) is 46.7 Å². The van der Waals surface area contributed by atoms with Gasteiger partial charge in [0, 0.05) is 16.8 Å². The number of nitrogens with zero attached hydrogens (tertiary/aromatic N) is 1. The molecule has 0 radical (unpaired) electrons. The molecule has 1 aromatic carbocycles. The quantitative estimate of drug-likeness (QED) is 0.881. The first-order valence-electron chi connectivity index (χ1n) is 6.56. The molecule has 0 aliphatic carbocycles. The summed E-state index contributed by atoms with van der Waals surface area (Å²) in [4.78, 5) is 25.1. The smallest absolute Gasteiger partial charge is 0.282 e. The maximum Gasteiger partial charge on any atom is 0.282 e. The van der Waals surface area contributed by atoms with Crippen LogP contribution in [0.3, 0.4) is 0 Å². The third-order valence-corrected chi connectivity index (χ3v) is 4.62. The molecule has 1 aromatic rings. The van der Waals surface area contributed by atoms with Crippen LogP contribution in [0.25, 0.3) is 0 Å². The van der Waals surface area contributed by atoms with Crippen LogP contribution in [-0.4, -0.2) is 34.9 Å². The number of carbonyl (C=O) groups is 2. The molecule has 4 nitrogen and oxygen atoms in total. The van der Waals surface area contributed by atoms with Gasteiger partial charge in [0.15, 0.2) is 0 Å². The number of thioether (sulfide) groups is 1. The van der Waals surface area contributed by atoms with Crippen molar-refractivity contribution in [2.75, 3.05) is 18.8 Å². The summed E-state index contributed by atoms with van der Waals surface area (Å²) in [5, 5.41) is 2.99. The van der Waals surface area contributed by atoms with Gasteiger partial charge >= 0.3 is 0 Å². The summed E-state index contributed by atoms with van der Waals surface area (Å²) in [6, 6.07) is 7.90. The molecule has 6 heteroatoms. The number of nitrogens with one attached hydrogen (secondary N) is 1. The molecule has 1 aliphatic heterocycles. The third kappa shape index (κ3) is 3.99. The monoisotopic (exact) mass is 356 g/mol. The van der Waals surface area contributed by atoms with E-state index in [0.717, 1.165) is 22.2 Å². The first-order valence-corrected chi connectivity index (χ1v) is 8.34. The Labute approximate surface area is 131 Å². The van der Waals surface area contributed by atoms with Crippen molar-refractivity contribution in [2.45, 2.75) is 19.4 Å². The van der Waals surface area contributed by atoms with Crippen LogP contribution in [-0.2, 0) is 4.79 Å². The van der Waals surface area contributed by atoms with Gasteiger partial charge in [-0.15, -0.1) is 0 Å². The van der Waals surface area contributed by atoms with Gasteiger partial charge < -0.3 is 10.2 Å². The second-order valence-corrected chi connectivity index (χ2v) is 6.58. The number of carbonyl (C=O) groups excluding carboxylic acids is 2. The fourth-order valence-electron chi connectivity index (χ4n) is 2.10. The van der Waals surface area contributed by atoms with E-state index in [1.54, 1.807) is 4.90 Å². The molecule has 0 bridgehead atoms. The molecule has 1 atom stereocenters. The zero-order valence-corrected chi connectivity index (χ0v) is 13.7. The van der Waals surface area contributed by atoms with E-state index < -0.39 is 0 Å². The highest BCUT2D eigenvalue weighted by Gasteiger charge is 2.24. The molecule has 1 fully saturated rings. The van der Waals surface area contributed by atoms with Gasteiger partial charge in [0.25, 0.3) is 5.24 Å². The summed E-state index contributed by atoms with van der Waals surface area (Å²) in [5.41, 5.74) is 1.08. The molecule has 1 saturated heterocycles. The number of benzene rings is 1. The SMILES string of the molecule is CC[C@H](NC(=O)CN1CCSC1=O)c1ccc(Br)cc1. The van der Waals surface area contributed by atoms with Crippen LogP contribution in [0.15, 0.2) is 28.7 Å². The molecule has 1 heterocycles. The van der Waals surface area contributed by atoms with Crippen molar-refractivity contribution in [1.82, 2.24) is 10.2 Å². The molecule has 0 aromatic heterocycles. The van der Waals surface area contributed by atoms with Crippen LogP contribution in [0, 0.1) is 0 Å². The van der Waals surface area contributed by atoms with Crippen molar-refractivity contribution in [3.05, 3.63) is 34.3 Å². The van der Waals surface area contributed by atoms with Crippen molar-refractivity contribution in [3.63, 3.8) is 0 Å². The second kappa shape index (κ2) is 7.13. The molecule has 1 aliphatic rings. The lowest BCUT2D eigenvalue weighted by Gasteiger charge is -2.20. The van der Waals surface area contributed by atoms with Crippen LogP contribution in [0.2, 0.25) is 0 Å². The summed E-state index contributed by atoms with van der Waals surface area (Å²) < 4.78 is 1.02. The molecule has 108 valence electrons. The Bertz CT molecular complexity index is 492. The minimum absolute atomic E-state index is 0.00293. The number of rotatable bonds is 5. The van der Waals surface area contributed by atoms with E-state index in [1.807, 2.05) is 31.2 Å². The van der Waals surface area contributed by atoms with Crippen LogP contribution < -0.4 is 5.32 Å². The predicted molar refractivity (Wildman–Crippen MR) is 84.7 cm³/mol. The third-order valence-electron chi connectivity index (χ3n) is 3.20. The van der Waals surface area contributed by atoms with E-state index in [-0.39, 0.29) is 23.7 Å². The minimum atomic E-state index is -0.101. The van der Waals surface area contributed by atoms with Gasteiger partial charge in [-0.05, 0) is 24.1 Å². The molecule has 20 heavy (non-hydrogen) atoms. The second-order valence-electron chi connectivity index (χ2n) is 4.62. The van der Waals surface area contributed by atoms with Crippen LogP contribution >= 0.6 is 27.7 Å². The summed E-state index contributed by atoms with van der Waals surface area (Å²) >= 11 is 4.67. The number of hydrogen-bond donors (Lipinski definition) is 1. The molecule has 2 amide bonds. The van der Waals surface area contributed by atoms with Crippen molar-refractivity contribution < 1.29 is 9.59 Å². The van der Waals surface area contributed by atoms with Gasteiger partial charge in [-0.3, -0.25) is 9.59 Å². The van der Waals surface area contributed by atoms with Crippen LogP contribution in [0.5, 0.6) is 0 Å². The molecular weight excluding hydrogens is 340 g/mol. The maximum atomic E-state index is 12.0. The van der Waals surface area contributed by atoms with Crippen molar-refractivity contribution >= 4 is 38.8 Å². The van der Waals surface area contributed by atoms with Crippen molar-refractivity contribution in [1.29, 1.82) is 0 Å². The van der Waals surface area contributed by atoms with Crippen LogP contribution in [0.1, 0.15) is 24.9 Å². The molecule has 2 rings (SSSR count). The highest BCUT2D eigenvalue weighted by atomic mass is 79.9. The van der Waals surface area contributed by atoms with Gasteiger partial charge in [-0.2, -0.15) is 0 Å².